The average Bonchev–Trinajstić information content (AvgIpc) is 3.14. The zero-order valence-electron chi connectivity index (χ0n) is 12.1. The van der Waals surface area contributed by atoms with Gasteiger partial charge in [0.15, 0.2) is 0 Å². The third kappa shape index (κ3) is 3.57. The molecule has 2 aromatic heterocycles. The summed E-state index contributed by atoms with van der Waals surface area (Å²) in [5, 5.41) is 9.91. The number of benzene rings is 1. The molecule has 0 saturated carbocycles. The van der Waals surface area contributed by atoms with E-state index in [1.54, 1.807) is 13.1 Å². The van der Waals surface area contributed by atoms with E-state index in [9.17, 15) is 4.79 Å². The number of thiophene rings is 1. The van der Waals surface area contributed by atoms with Gasteiger partial charge in [0.2, 0.25) is 0 Å². The molecule has 0 fully saturated rings. The second kappa shape index (κ2) is 6.89. The van der Waals surface area contributed by atoms with Crippen molar-refractivity contribution in [1.29, 1.82) is 0 Å². The molecule has 3 rings (SSSR count). The van der Waals surface area contributed by atoms with Gasteiger partial charge in [-0.25, -0.2) is 5.43 Å². The normalized spacial score (nSPS) is 11.0. The van der Waals surface area contributed by atoms with Crippen LogP contribution in [-0.2, 0) is 0 Å². The molecule has 0 radical (unpaired) electrons. The Kier molecular flexibility index (Phi) is 4.68. The number of nitrogens with one attached hydrogen (secondary N) is 1. The van der Waals surface area contributed by atoms with Crippen molar-refractivity contribution in [3.63, 3.8) is 0 Å². The van der Waals surface area contributed by atoms with Gasteiger partial charge >= 0.3 is 0 Å². The first-order valence-corrected chi connectivity index (χ1v) is 8.41. The van der Waals surface area contributed by atoms with E-state index in [0.717, 1.165) is 14.9 Å². The van der Waals surface area contributed by atoms with Gasteiger partial charge in [-0.05, 0) is 28.9 Å². The van der Waals surface area contributed by atoms with Gasteiger partial charge in [0, 0.05) is 20.3 Å². The molecule has 0 aliphatic heterocycles. The molecule has 3 aromatic rings. The van der Waals surface area contributed by atoms with Crippen molar-refractivity contribution in [3.05, 3.63) is 62.5 Å². The van der Waals surface area contributed by atoms with Crippen LogP contribution in [0.15, 0.2) is 55.9 Å². The number of hydrogen-bond donors (Lipinski definition) is 1. The molecule has 1 aromatic carbocycles. The number of aryl methyl sites for hydroxylation is 1. The lowest BCUT2D eigenvalue weighted by Crippen LogP contribution is -2.18. The highest BCUT2D eigenvalue weighted by atomic mass is 79.9. The predicted octanol–water partition coefficient (Wildman–Crippen LogP) is 4.24. The standard InChI is InChI=1S/C16H12BrN3O2S/c1-10-14(15(20-22-10)11-5-3-2-4-6-11)16(21)19-18-8-13-7-12(17)9-23-13/h2-9H,1H3,(H,19,21)/b18-8+. The second-order valence-electron chi connectivity index (χ2n) is 4.69. The Morgan fingerprint density at radius 3 is 2.87 bits per heavy atom. The summed E-state index contributed by atoms with van der Waals surface area (Å²) in [4.78, 5) is 13.3. The Labute approximate surface area is 145 Å². The summed E-state index contributed by atoms with van der Waals surface area (Å²) >= 11 is 4.89. The van der Waals surface area contributed by atoms with Crippen molar-refractivity contribution in [2.45, 2.75) is 6.92 Å². The SMILES string of the molecule is Cc1onc(-c2ccccc2)c1C(=O)N/N=C/c1cc(Br)cs1. The Morgan fingerprint density at radius 1 is 1.39 bits per heavy atom. The van der Waals surface area contributed by atoms with Gasteiger partial charge < -0.3 is 4.52 Å². The van der Waals surface area contributed by atoms with Crippen molar-refractivity contribution in [2.24, 2.45) is 5.10 Å². The number of halogens is 1. The van der Waals surface area contributed by atoms with Crippen LogP contribution in [0, 0.1) is 6.92 Å². The lowest BCUT2D eigenvalue weighted by Gasteiger charge is -2.01. The molecule has 0 bridgehead atoms. The first-order chi connectivity index (χ1) is 11.1. The number of amides is 1. The molecule has 23 heavy (non-hydrogen) atoms. The fourth-order valence-electron chi connectivity index (χ4n) is 2.04. The molecule has 0 unspecified atom stereocenters. The highest BCUT2D eigenvalue weighted by Gasteiger charge is 2.21. The van der Waals surface area contributed by atoms with Crippen LogP contribution in [0.25, 0.3) is 11.3 Å². The van der Waals surface area contributed by atoms with Gasteiger partial charge in [-0.1, -0.05) is 35.5 Å². The number of aromatic nitrogens is 1. The van der Waals surface area contributed by atoms with Crippen LogP contribution >= 0.6 is 27.3 Å². The summed E-state index contributed by atoms with van der Waals surface area (Å²) in [6, 6.07) is 11.3. The van der Waals surface area contributed by atoms with Gasteiger partial charge in [0.25, 0.3) is 5.91 Å². The monoisotopic (exact) mass is 389 g/mol. The summed E-state index contributed by atoms with van der Waals surface area (Å²) in [5.74, 6) is 0.102. The fourth-order valence-corrected chi connectivity index (χ4v) is 3.34. The molecule has 1 amide bonds. The van der Waals surface area contributed by atoms with E-state index in [-0.39, 0.29) is 5.91 Å². The van der Waals surface area contributed by atoms with Gasteiger partial charge in [-0.15, -0.1) is 11.3 Å². The zero-order chi connectivity index (χ0) is 16.2. The van der Waals surface area contributed by atoms with Crippen LogP contribution in [0.2, 0.25) is 0 Å². The van der Waals surface area contributed by atoms with Crippen LogP contribution in [0.5, 0.6) is 0 Å². The van der Waals surface area contributed by atoms with E-state index in [4.69, 9.17) is 4.52 Å². The van der Waals surface area contributed by atoms with Crippen molar-refractivity contribution in [2.75, 3.05) is 0 Å². The van der Waals surface area contributed by atoms with Crippen molar-refractivity contribution in [3.8, 4) is 11.3 Å². The van der Waals surface area contributed by atoms with Crippen LogP contribution in [-0.4, -0.2) is 17.3 Å². The first-order valence-electron chi connectivity index (χ1n) is 6.74. The summed E-state index contributed by atoms with van der Waals surface area (Å²) in [6.07, 6.45) is 1.60. The lowest BCUT2D eigenvalue weighted by molar-refractivity contribution is 0.0954. The quantitative estimate of drug-likeness (QED) is 0.535. The summed E-state index contributed by atoms with van der Waals surface area (Å²) < 4.78 is 6.16. The molecular weight excluding hydrogens is 378 g/mol. The molecule has 0 atom stereocenters. The molecule has 0 aliphatic rings. The lowest BCUT2D eigenvalue weighted by atomic mass is 10.1. The zero-order valence-corrected chi connectivity index (χ0v) is 14.5. The van der Waals surface area contributed by atoms with Crippen LogP contribution < -0.4 is 5.43 Å². The average molecular weight is 390 g/mol. The van der Waals surface area contributed by atoms with Crippen LogP contribution in [0.4, 0.5) is 0 Å². The largest absolute Gasteiger partial charge is 0.360 e. The minimum absolute atomic E-state index is 0.352. The molecule has 7 heteroatoms. The first kappa shape index (κ1) is 15.6. The maximum Gasteiger partial charge on any atom is 0.277 e. The number of rotatable bonds is 4. The third-order valence-corrected chi connectivity index (χ3v) is 4.71. The molecule has 2 heterocycles. The maximum absolute atomic E-state index is 12.4. The highest BCUT2D eigenvalue weighted by Crippen LogP contribution is 2.24. The number of carbonyl (C=O) groups excluding carboxylic acids is 1. The summed E-state index contributed by atoms with van der Waals surface area (Å²) in [7, 11) is 0. The van der Waals surface area contributed by atoms with Gasteiger partial charge in [0.1, 0.15) is 17.0 Å². The minimum atomic E-state index is -0.352. The van der Waals surface area contributed by atoms with Crippen molar-refractivity contribution < 1.29 is 9.32 Å². The predicted molar refractivity (Wildman–Crippen MR) is 93.8 cm³/mol. The van der Waals surface area contributed by atoms with Gasteiger partial charge in [-0.3, -0.25) is 4.79 Å². The highest BCUT2D eigenvalue weighted by molar-refractivity contribution is 9.10. The topological polar surface area (TPSA) is 67.5 Å². The minimum Gasteiger partial charge on any atom is -0.360 e. The van der Waals surface area contributed by atoms with E-state index in [1.807, 2.05) is 41.8 Å². The molecule has 0 saturated heterocycles. The van der Waals surface area contributed by atoms with E-state index in [0.29, 0.717) is 17.0 Å². The number of hydrogen-bond acceptors (Lipinski definition) is 5. The third-order valence-electron chi connectivity index (χ3n) is 3.08. The molecule has 116 valence electrons. The summed E-state index contributed by atoms with van der Waals surface area (Å²) in [6.45, 7) is 1.70. The smallest absolute Gasteiger partial charge is 0.277 e. The Hall–Kier alpha value is -2.25. The van der Waals surface area contributed by atoms with E-state index in [2.05, 4.69) is 31.6 Å². The second-order valence-corrected chi connectivity index (χ2v) is 6.55. The Bertz CT molecular complexity index is 855. The van der Waals surface area contributed by atoms with Crippen LogP contribution in [0.1, 0.15) is 21.0 Å². The van der Waals surface area contributed by atoms with E-state index < -0.39 is 0 Å². The maximum atomic E-state index is 12.4. The molecule has 0 aliphatic carbocycles. The Morgan fingerprint density at radius 2 is 2.17 bits per heavy atom. The van der Waals surface area contributed by atoms with Crippen molar-refractivity contribution >= 4 is 39.4 Å². The molecule has 5 nitrogen and oxygen atoms in total. The molecule has 1 N–H and O–H groups in total. The van der Waals surface area contributed by atoms with Crippen LogP contribution in [0.3, 0.4) is 0 Å². The summed E-state index contributed by atoms with van der Waals surface area (Å²) in [5.41, 5.74) is 4.23. The van der Waals surface area contributed by atoms with E-state index in [1.165, 1.54) is 11.3 Å². The fraction of sp³-hybridized carbons (Fsp3) is 0.0625. The number of carbonyl (C=O) groups is 1. The Balaban J connectivity index is 1.80. The molecule has 0 spiro atoms. The molecular formula is C16H12BrN3O2S. The van der Waals surface area contributed by atoms with Gasteiger partial charge in [-0.2, -0.15) is 5.10 Å². The van der Waals surface area contributed by atoms with Crippen molar-refractivity contribution in [1.82, 2.24) is 10.6 Å². The number of hydrazone groups is 1. The number of nitrogens with zero attached hydrogens (tertiary/aromatic N) is 2. The van der Waals surface area contributed by atoms with E-state index >= 15 is 0 Å². The van der Waals surface area contributed by atoms with Gasteiger partial charge in [0.05, 0.1) is 6.21 Å².